The Morgan fingerprint density at radius 3 is 2.44 bits per heavy atom. The van der Waals surface area contributed by atoms with E-state index in [0.717, 1.165) is 59.4 Å². The summed E-state index contributed by atoms with van der Waals surface area (Å²) < 4.78 is 5.81. The molecular weight excluding hydrogens is 740 g/mol. The minimum atomic E-state index is -0.866. The molecule has 2 fully saturated rings. The molecule has 0 radical (unpaired) electrons. The van der Waals surface area contributed by atoms with E-state index >= 15 is 0 Å². The second kappa shape index (κ2) is 19.2. The van der Waals surface area contributed by atoms with Crippen molar-refractivity contribution in [2.45, 2.75) is 122 Å². The molecule has 14 heteroatoms. The van der Waals surface area contributed by atoms with Crippen molar-refractivity contribution in [3.8, 4) is 16.2 Å². The maximum Gasteiger partial charge on any atom is 0.246 e. The van der Waals surface area contributed by atoms with Crippen LogP contribution in [0.25, 0.3) is 10.4 Å². The summed E-state index contributed by atoms with van der Waals surface area (Å²) in [5.74, 6) is -0.545. The molecule has 2 heterocycles. The highest BCUT2D eigenvalue weighted by Gasteiger charge is 2.50. The van der Waals surface area contributed by atoms with Gasteiger partial charge in [0.05, 0.1) is 27.7 Å². The number of hydrogen-bond donors (Lipinski definition) is 5. The number of amides is 4. The van der Waals surface area contributed by atoms with Gasteiger partial charge < -0.3 is 36.8 Å². The fourth-order valence-electron chi connectivity index (χ4n) is 7.00. The first kappa shape index (κ1) is 43.7. The molecule has 2 aliphatic rings. The topological polar surface area (TPSA) is 190 Å². The number of nitrogens with zero attached hydrogens (tertiary/aromatic N) is 2. The van der Waals surface area contributed by atoms with Gasteiger partial charge in [-0.1, -0.05) is 63.6 Å². The highest BCUT2D eigenvalue weighted by molar-refractivity contribution is 7.13. The fraction of sp³-hybridized carbons (Fsp3) is 0.537. The number of rotatable bonds is 18. The van der Waals surface area contributed by atoms with E-state index in [1.165, 1.54) is 4.90 Å². The van der Waals surface area contributed by atoms with Gasteiger partial charge in [0.1, 0.15) is 24.4 Å². The quantitative estimate of drug-likeness (QED) is 0.112. The predicted octanol–water partition coefficient (Wildman–Crippen LogP) is 4.91. The monoisotopic (exact) mass is 796 g/mol. The first-order valence-corrected chi connectivity index (χ1v) is 19.9. The molecule has 1 aliphatic heterocycles. The van der Waals surface area contributed by atoms with Gasteiger partial charge in [0.2, 0.25) is 23.6 Å². The number of benzene rings is 2. The highest BCUT2D eigenvalue weighted by Crippen LogP contribution is 2.46. The van der Waals surface area contributed by atoms with Gasteiger partial charge in [0.25, 0.3) is 0 Å². The van der Waals surface area contributed by atoms with E-state index in [1.54, 1.807) is 11.3 Å². The van der Waals surface area contributed by atoms with Crippen LogP contribution in [-0.4, -0.2) is 76.0 Å². The average molecular weight is 797 g/mol. The number of β-amino-alcohol motifs (C(OH)–C–C–N with tert-alkyl or cyclic N) is 1. The van der Waals surface area contributed by atoms with Crippen molar-refractivity contribution < 1.29 is 29.0 Å². The standard InChI is InChI=1S/C41H56N6O6S.ClH/c1-26-36(54-25-44-26)28-13-15-29(16-14-28)41(19-20-41)46-38(51)33-22-31(48)23-47(33)39(52)37(40(2,3)4)45-35(50)12-7-5-6-9-27-10-8-11-32(21-27)53-24-30(42)17-18-34(43)49;/h8,10-11,13-16,21,25,30-31,33,37,48H,5-7,9,12,17-20,22-24,42H2,1-4H3,(H2,43,49)(H,45,50)(H,46,51);1H/t30-,31+,33-,37+;/m0./s1. The van der Waals surface area contributed by atoms with Crippen molar-refractivity contribution in [1.82, 2.24) is 20.5 Å². The minimum Gasteiger partial charge on any atom is -0.492 e. The van der Waals surface area contributed by atoms with Crippen LogP contribution in [0.2, 0.25) is 0 Å². The number of aliphatic hydroxyl groups is 1. The lowest BCUT2D eigenvalue weighted by Gasteiger charge is -2.35. The zero-order valence-corrected chi connectivity index (χ0v) is 34.0. The van der Waals surface area contributed by atoms with Crippen molar-refractivity contribution in [2.24, 2.45) is 16.9 Å². The molecule has 0 unspecified atom stereocenters. The summed E-state index contributed by atoms with van der Waals surface area (Å²) in [6.45, 7) is 7.98. The van der Waals surface area contributed by atoms with Crippen LogP contribution < -0.4 is 26.8 Å². The number of nitrogens with two attached hydrogens (primary N) is 2. The van der Waals surface area contributed by atoms with Crippen molar-refractivity contribution >= 4 is 47.4 Å². The molecule has 1 saturated heterocycles. The molecule has 1 saturated carbocycles. The fourth-order valence-corrected chi connectivity index (χ4v) is 7.81. The molecule has 300 valence electrons. The highest BCUT2D eigenvalue weighted by atomic mass is 35.5. The summed E-state index contributed by atoms with van der Waals surface area (Å²) in [7, 11) is 0. The molecule has 5 rings (SSSR count). The number of carbonyl (C=O) groups is 4. The van der Waals surface area contributed by atoms with Gasteiger partial charge in [-0.2, -0.15) is 0 Å². The van der Waals surface area contributed by atoms with Crippen molar-refractivity contribution in [3.05, 3.63) is 70.9 Å². The Hall–Kier alpha value is -4.04. The zero-order chi connectivity index (χ0) is 39.0. The SMILES string of the molecule is Cc1ncsc1-c1ccc(C2(NC(=O)[C@@H]3C[C@@H](O)CN3C(=O)[C@@H](NC(=O)CCCCCc3cccc(OC[C@@H](N)CCC(N)=O)c3)C(C)(C)C)CC2)cc1.Cl. The van der Waals surface area contributed by atoms with Crippen LogP contribution in [0.15, 0.2) is 54.0 Å². The van der Waals surface area contributed by atoms with Crippen LogP contribution in [0, 0.1) is 12.3 Å². The van der Waals surface area contributed by atoms with Gasteiger partial charge in [0.15, 0.2) is 0 Å². The van der Waals surface area contributed by atoms with Crippen molar-refractivity contribution in [2.75, 3.05) is 13.2 Å². The molecule has 55 heavy (non-hydrogen) atoms. The second-order valence-corrected chi connectivity index (χ2v) is 16.8. The van der Waals surface area contributed by atoms with Crippen LogP contribution in [-0.2, 0) is 31.1 Å². The third-order valence-corrected chi connectivity index (χ3v) is 11.3. The Balaban J connectivity index is 0.00000673. The number of hydrogen-bond acceptors (Lipinski definition) is 9. The van der Waals surface area contributed by atoms with Gasteiger partial charge in [0, 0.05) is 31.8 Å². The number of carbonyl (C=O) groups excluding carboxylic acids is 4. The first-order valence-electron chi connectivity index (χ1n) is 19.0. The molecule has 0 spiro atoms. The van der Waals surface area contributed by atoms with Gasteiger partial charge >= 0.3 is 0 Å². The molecule has 1 aliphatic carbocycles. The number of thiazole rings is 1. The lowest BCUT2D eigenvalue weighted by atomic mass is 9.85. The number of aromatic nitrogens is 1. The van der Waals surface area contributed by atoms with Gasteiger partial charge in [-0.05, 0) is 79.7 Å². The van der Waals surface area contributed by atoms with E-state index in [2.05, 4.69) is 27.8 Å². The minimum absolute atomic E-state index is 0. The van der Waals surface area contributed by atoms with Crippen LogP contribution in [0.1, 0.15) is 95.4 Å². The van der Waals surface area contributed by atoms with Gasteiger partial charge in [-0.25, -0.2) is 4.98 Å². The van der Waals surface area contributed by atoms with E-state index in [0.29, 0.717) is 25.2 Å². The number of ether oxygens (including phenoxy) is 1. The number of unbranched alkanes of at least 4 members (excludes halogenated alkanes) is 2. The number of nitrogens with one attached hydrogen (secondary N) is 2. The summed E-state index contributed by atoms with van der Waals surface area (Å²) in [4.78, 5) is 59.0. The first-order chi connectivity index (χ1) is 25.6. The number of aliphatic hydroxyl groups excluding tert-OH is 1. The van der Waals surface area contributed by atoms with E-state index in [-0.39, 0.29) is 67.9 Å². The lowest BCUT2D eigenvalue weighted by Crippen LogP contribution is -2.58. The Morgan fingerprint density at radius 2 is 1.80 bits per heavy atom. The summed E-state index contributed by atoms with van der Waals surface area (Å²) in [6.07, 6.45) is 5.01. The van der Waals surface area contributed by atoms with Crippen molar-refractivity contribution in [1.29, 1.82) is 0 Å². The molecular formula is C41H57ClN6O6S. The van der Waals surface area contributed by atoms with E-state index < -0.39 is 29.1 Å². The summed E-state index contributed by atoms with van der Waals surface area (Å²) >= 11 is 1.60. The smallest absolute Gasteiger partial charge is 0.246 e. The summed E-state index contributed by atoms with van der Waals surface area (Å²) in [6, 6.07) is 14.0. The molecule has 3 aromatic rings. The molecule has 0 bridgehead atoms. The lowest BCUT2D eigenvalue weighted by molar-refractivity contribution is -0.144. The summed E-state index contributed by atoms with van der Waals surface area (Å²) in [5.41, 5.74) is 16.1. The normalized spacial score (nSPS) is 18.5. The van der Waals surface area contributed by atoms with Crippen LogP contribution in [0.3, 0.4) is 0 Å². The Bertz CT molecular complexity index is 1770. The number of likely N-dealkylation sites (tertiary alicyclic amines) is 1. The van der Waals surface area contributed by atoms with Crippen molar-refractivity contribution in [3.63, 3.8) is 0 Å². The van der Waals surface area contributed by atoms with E-state index in [4.69, 9.17) is 16.2 Å². The Labute approximate surface area is 334 Å². The van der Waals surface area contributed by atoms with E-state index in [9.17, 15) is 24.3 Å². The molecule has 4 amide bonds. The number of primary amides is 1. The maximum absolute atomic E-state index is 14.1. The third kappa shape index (κ3) is 12.0. The Morgan fingerprint density at radius 1 is 1.07 bits per heavy atom. The zero-order valence-electron chi connectivity index (χ0n) is 32.3. The predicted molar refractivity (Wildman–Crippen MR) is 217 cm³/mol. The maximum atomic E-state index is 14.1. The average Bonchev–Trinajstić information content (AvgIpc) is 3.60. The molecule has 7 N–H and O–H groups in total. The third-order valence-electron chi connectivity index (χ3n) is 10.3. The van der Waals surface area contributed by atoms with Crippen LogP contribution in [0.4, 0.5) is 0 Å². The summed E-state index contributed by atoms with van der Waals surface area (Å²) in [5, 5.41) is 16.9. The van der Waals surface area contributed by atoms with Crippen LogP contribution >= 0.6 is 23.7 Å². The van der Waals surface area contributed by atoms with Crippen LogP contribution in [0.5, 0.6) is 5.75 Å². The molecule has 1 aromatic heterocycles. The molecule has 4 atom stereocenters. The number of aryl methyl sites for hydroxylation is 2. The largest absolute Gasteiger partial charge is 0.492 e. The number of halogens is 1. The molecule has 12 nitrogen and oxygen atoms in total. The molecule has 2 aromatic carbocycles. The van der Waals surface area contributed by atoms with Gasteiger partial charge in [-0.15, -0.1) is 23.7 Å². The van der Waals surface area contributed by atoms with Gasteiger partial charge in [-0.3, -0.25) is 19.2 Å². The second-order valence-electron chi connectivity index (χ2n) is 16.0. The van der Waals surface area contributed by atoms with E-state index in [1.807, 2.05) is 69.6 Å². The Kier molecular flexibility index (Phi) is 15.3.